The topological polar surface area (TPSA) is 46.3 Å². The number of likely N-dealkylation sites (N-methyl/N-ethyl adjacent to an activating group) is 1. The second-order valence-corrected chi connectivity index (χ2v) is 4.88. The van der Waals surface area contributed by atoms with Crippen molar-refractivity contribution < 1.29 is 4.79 Å². The zero-order valence-electron chi connectivity index (χ0n) is 10.3. The van der Waals surface area contributed by atoms with Gasteiger partial charge in [-0.3, -0.25) is 4.79 Å². The fraction of sp³-hybridized carbons (Fsp3) is 0.769. The molecule has 0 aromatic rings. The molecule has 2 unspecified atom stereocenters. The lowest BCUT2D eigenvalue weighted by atomic mass is 9.76. The Bertz CT molecular complexity index is 295. The molecule has 0 bridgehead atoms. The van der Waals surface area contributed by atoms with Gasteiger partial charge in [0.25, 0.3) is 0 Å². The van der Waals surface area contributed by atoms with Gasteiger partial charge in [-0.2, -0.15) is 0 Å². The molecular weight excluding hydrogens is 200 g/mol. The Morgan fingerprint density at radius 3 is 2.88 bits per heavy atom. The number of nitrogens with two attached hydrogens (primary N) is 1. The first-order valence-electron chi connectivity index (χ1n) is 6.05. The summed E-state index contributed by atoms with van der Waals surface area (Å²) in [7, 11) is 0. The molecule has 0 spiro atoms. The first kappa shape index (κ1) is 13.1. The third-order valence-corrected chi connectivity index (χ3v) is 3.41. The molecule has 0 aromatic heterocycles. The highest BCUT2D eigenvalue weighted by atomic mass is 16.2. The van der Waals surface area contributed by atoms with Crippen LogP contribution in [0, 0.1) is 18.3 Å². The van der Waals surface area contributed by atoms with E-state index in [2.05, 4.69) is 12.8 Å². The van der Waals surface area contributed by atoms with Crippen LogP contribution in [-0.2, 0) is 4.79 Å². The summed E-state index contributed by atoms with van der Waals surface area (Å²) >= 11 is 0. The van der Waals surface area contributed by atoms with Gasteiger partial charge >= 0.3 is 0 Å². The molecule has 0 radical (unpaired) electrons. The summed E-state index contributed by atoms with van der Waals surface area (Å²) in [6.07, 6.45) is 9.04. The number of carbonyl (C=O) groups excluding carboxylic acids is 1. The summed E-state index contributed by atoms with van der Waals surface area (Å²) in [5.74, 6) is 3.08. The van der Waals surface area contributed by atoms with Gasteiger partial charge in [-0.15, -0.1) is 6.42 Å². The molecule has 3 heteroatoms. The highest BCUT2D eigenvalue weighted by Gasteiger charge is 2.39. The molecule has 1 aliphatic rings. The maximum Gasteiger partial charge on any atom is 0.243 e. The number of carbonyl (C=O) groups is 1. The van der Waals surface area contributed by atoms with E-state index in [1.54, 1.807) is 4.90 Å². The molecule has 2 N–H and O–H groups in total. The summed E-state index contributed by atoms with van der Waals surface area (Å²) in [5.41, 5.74) is 5.56. The molecule has 16 heavy (non-hydrogen) atoms. The Balaban J connectivity index is 2.74. The quantitative estimate of drug-likeness (QED) is 0.733. The van der Waals surface area contributed by atoms with E-state index in [4.69, 9.17) is 12.2 Å². The van der Waals surface area contributed by atoms with Crippen LogP contribution in [0.25, 0.3) is 0 Å². The van der Waals surface area contributed by atoms with Crippen molar-refractivity contribution in [3.8, 4) is 12.3 Å². The van der Waals surface area contributed by atoms with Gasteiger partial charge in [0.2, 0.25) is 5.91 Å². The molecule has 1 amide bonds. The average molecular weight is 222 g/mol. The Labute approximate surface area is 98.4 Å². The zero-order valence-corrected chi connectivity index (χ0v) is 10.3. The Morgan fingerprint density at radius 1 is 1.69 bits per heavy atom. The number of terminal acetylenes is 1. The van der Waals surface area contributed by atoms with Crippen molar-refractivity contribution in [2.24, 2.45) is 11.7 Å². The molecular formula is C13H22N2O. The summed E-state index contributed by atoms with van der Waals surface area (Å²) < 4.78 is 0. The molecule has 3 nitrogen and oxygen atoms in total. The SMILES string of the molecule is C#CCN(CC)C(=O)C1(N)CCCC(C)C1. The van der Waals surface area contributed by atoms with E-state index in [1.165, 1.54) is 6.42 Å². The number of hydrogen-bond donors (Lipinski definition) is 1. The minimum atomic E-state index is -0.676. The van der Waals surface area contributed by atoms with Gasteiger partial charge in [-0.1, -0.05) is 25.7 Å². The summed E-state index contributed by atoms with van der Waals surface area (Å²) in [5, 5.41) is 0. The van der Waals surface area contributed by atoms with Crippen molar-refractivity contribution in [1.29, 1.82) is 0 Å². The molecule has 1 fully saturated rings. The lowest BCUT2D eigenvalue weighted by Gasteiger charge is -2.38. The van der Waals surface area contributed by atoms with Gasteiger partial charge in [0.15, 0.2) is 0 Å². The molecule has 0 heterocycles. The van der Waals surface area contributed by atoms with Crippen LogP contribution in [0.15, 0.2) is 0 Å². The molecule has 2 atom stereocenters. The molecule has 0 aromatic carbocycles. The lowest BCUT2D eigenvalue weighted by molar-refractivity contribution is -0.138. The van der Waals surface area contributed by atoms with E-state index >= 15 is 0 Å². The van der Waals surface area contributed by atoms with Gasteiger partial charge in [0.05, 0.1) is 12.1 Å². The van der Waals surface area contributed by atoms with Crippen molar-refractivity contribution in [1.82, 2.24) is 4.90 Å². The van der Waals surface area contributed by atoms with Crippen molar-refractivity contribution >= 4 is 5.91 Å². The van der Waals surface area contributed by atoms with Crippen LogP contribution in [0.2, 0.25) is 0 Å². The second-order valence-electron chi connectivity index (χ2n) is 4.88. The van der Waals surface area contributed by atoms with Crippen molar-refractivity contribution in [3.05, 3.63) is 0 Å². The molecule has 0 aliphatic heterocycles. The van der Waals surface area contributed by atoms with Crippen LogP contribution in [0.4, 0.5) is 0 Å². The van der Waals surface area contributed by atoms with Crippen LogP contribution < -0.4 is 5.73 Å². The second kappa shape index (κ2) is 5.36. The fourth-order valence-corrected chi connectivity index (χ4v) is 2.54. The fourth-order valence-electron chi connectivity index (χ4n) is 2.54. The largest absolute Gasteiger partial charge is 0.330 e. The van der Waals surface area contributed by atoms with Crippen LogP contribution >= 0.6 is 0 Å². The minimum Gasteiger partial charge on any atom is -0.330 e. The van der Waals surface area contributed by atoms with E-state index in [1.807, 2.05) is 6.92 Å². The molecule has 1 aliphatic carbocycles. The van der Waals surface area contributed by atoms with Crippen LogP contribution in [0.1, 0.15) is 39.5 Å². The number of amides is 1. The predicted octanol–water partition coefficient (Wildman–Crippen LogP) is 1.38. The molecule has 90 valence electrons. The minimum absolute atomic E-state index is 0.0273. The zero-order chi connectivity index (χ0) is 12.2. The Morgan fingerprint density at radius 2 is 2.38 bits per heavy atom. The van der Waals surface area contributed by atoms with Crippen molar-refractivity contribution in [3.63, 3.8) is 0 Å². The number of rotatable bonds is 3. The van der Waals surface area contributed by atoms with Gasteiger partial charge in [-0.25, -0.2) is 0 Å². The maximum absolute atomic E-state index is 12.3. The number of hydrogen-bond acceptors (Lipinski definition) is 2. The van der Waals surface area contributed by atoms with Crippen LogP contribution in [0.5, 0.6) is 0 Å². The van der Waals surface area contributed by atoms with Gasteiger partial charge < -0.3 is 10.6 Å². The van der Waals surface area contributed by atoms with Crippen LogP contribution in [0.3, 0.4) is 0 Å². The van der Waals surface area contributed by atoms with Gasteiger partial charge in [0.1, 0.15) is 0 Å². The summed E-state index contributed by atoms with van der Waals surface area (Å²) in [6, 6.07) is 0. The van der Waals surface area contributed by atoms with E-state index in [-0.39, 0.29) is 5.91 Å². The third kappa shape index (κ3) is 2.76. The van der Waals surface area contributed by atoms with E-state index < -0.39 is 5.54 Å². The Hall–Kier alpha value is -1.01. The van der Waals surface area contributed by atoms with E-state index in [0.717, 1.165) is 19.3 Å². The normalized spacial score (nSPS) is 29.5. The van der Waals surface area contributed by atoms with Crippen molar-refractivity contribution in [2.75, 3.05) is 13.1 Å². The lowest BCUT2D eigenvalue weighted by Crippen LogP contribution is -2.57. The first-order valence-corrected chi connectivity index (χ1v) is 6.05. The smallest absolute Gasteiger partial charge is 0.243 e. The number of nitrogens with zero attached hydrogens (tertiary/aromatic N) is 1. The van der Waals surface area contributed by atoms with Crippen LogP contribution in [-0.4, -0.2) is 29.4 Å². The highest BCUT2D eigenvalue weighted by Crippen LogP contribution is 2.31. The average Bonchev–Trinajstić information content (AvgIpc) is 2.24. The predicted molar refractivity (Wildman–Crippen MR) is 65.6 cm³/mol. The maximum atomic E-state index is 12.3. The standard InChI is InChI=1S/C13H22N2O/c1-4-9-15(5-2)12(16)13(14)8-6-7-11(3)10-13/h1,11H,5-10,14H2,2-3H3. The summed E-state index contributed by atoms with van der Waals surface area (Å²) in [4.78, 5) is 14.0. The van der Waals surface area contributed by atoms with E-state index in [0.29, 0.717) is 19.0 Å². The summed E-state index contributed by atoms with van der Waals surface area (Å²) in [6.45, 7) is 5.09. The highest BCUT2D eigenvalue weighted by molar-refractivity contribution is 5.86. The van der Waals surface area contributed by atoms with E-state index in [9.17, 15) is 4.79 Å². The van der Waals surface area contributed by atoms with Crippen molar-refractivity contribution in [2.45, 2.75) is 45.1 Å². The van der Waals surface area contributed by atoms with Gasteiger partial charge in [0, 0.05) is 6.54 Å². The third-order valence-electron chi connectivity index (χ3n) is 3.41. The molecule has 0 saturated heterocycles. The Kier molecular flexibility index (Phi) is 4.37. The monoisotopic (exact) mass is 222 g/mol. The molecule has 1 rings (SSSR count). The van der Waals surface area contributed by atoms with Gasteiger partial charge in [-0.05, 0) is 25.7 Å². The molecule has 1 saturated carbocycles. The first-order chi connectivity index (χ1) is 7.53.